The fourth-order valence-corrected chi connectivity index (χ4v) is 1.92. The summed E-state index contributed by atoms with van der Waals surface area (Å²) in [6.07, 6.45) is 0. The van der Waals surface area contributed by atoms with E-state index in [-0.39, 0.29) is 10.3 Å². The minimum Gasteiger partial charge on any atom is -0.477 e. The van der Waals surface area contributed by atoms with Crippen LogP contribution in [-0.2, 0) is 5.41 Å². The number of carbonyl (C=O) groups is 1. The zero-order chi connectivity index (χ0) is 10.2. The van der Waals surface area contributed by atoms with Crippen LogP contribution >= 0.6 is 11.3 Å². The van der Waals surface area contributed by atoms with E-state index >= 15 is 0 Å². The summed E-state index contributed by atoms with van der Waals surface area (Å²) in [5, 5.41) is 8.78. The van der Waals surface area contributed by atoms with Crippen LogP contribution in [0.25, 0.3) is 0 Å². The molecule has 72 valence electrons. The molecule has 13 heavy (non-hydrogen) atoms. The second kappa shape index (κ2) is 3.03. The van der Waals surface area contributed by atoms with Crippen LogP contribution in [0.3, 0.4) is 0 Å². The monoisotopic (exact) mass is 199 g/mol. The summed E-state index contributed by atoms with van der Waals surface area (Å²) < 4.78 is 0. The van der Waals surface area contributed by atoms with Crippen molar-refractivity contribution in [3.05, 3.63) is 15.8 Å². The predicted octanol–water partition coefficient (Wildman–Crippen LogP) is 2.33. The van der Waals surface area contributed by atoms with E-state index in [0.29, 0.717) is 5.69 Å². The van der Waals surface area contributed by atoms with Crippen LogP contribution in [0, 0.1) is 0 Å². The lowest BCUT2D eigenvalue weighted by atomic mass is 9.95. The second-order valence-electron chi connectivity index (χ2n) is 3.95. The van der Waals surface area contributed by atoms with Crippen molar-refractivity contribution in [3.63, 3.8) is 0 Å². The molecule has 1 rings (SSSR count). The first-order valence-corrected chi connectivity index (χ1v) is 4.77. The van der Waals surface area contributed by atoms with E-state index in [4.69, 9.17) is 10.8 Å². The van der Waals surface area contributed by atoms with Gasteiger partial charge in [-0.15, -0.1) is 11.3 Å². The zero-order valence-electron chi connectivity index (χ0n) is 7.92. The van der Waals surface area contributed by atoms with Gasteiger partial charge in [0, 0.05) is 4.88 Å². The summed E-state index contributed by atoms with van der Waals surface area (Å²) in [5.74, 6) is -0.946. The molecule has 0 aromatic carbocycles. The largest absolute Gasteiger partial charge is 0.477 e. The van der Waals surface area contributed by atoms with Crippen molar-refractivity contribution in [1.82, 2.24) is 0 Å². The Bertz CT molecular complexity index is 336. The molecule has 0 aliphatic rings. The molecule has 0 unspecified atom stereocenters. The van der Waals surface area contributed by atoms with Crippen molar-refractivity contribution >= 4 is 23.0 Å². The molecule has 0 aliphatic heterocycles. The molecule has 3 nitrogen and oxygen atoms in total. The number of aromatic carboxylic acids is 1. The molecule has 0 saturated heterocycles. The molecule has 4 heteroatoms. The molecule has 1 aromatic heterocycles. The minimum atomic E-state index is -0.946. The zero-order valence-corrected chi connectivity index (χ0v) is 8.73. The fraction of sp³-hybridized carbons (Fsp3) is 0.444. The molecule has 3 N–H and O–H groups in total. The minimum absolute atomic E-state index is 0.0352. The average Bonchev–Trinajstić information content (AvgIpc) is 2.29. The van der Waals surface area contributed by atoms with Crippen LogP contribution in [0.15, 0.2) is 6.07 Å². The Kier molecular flexibility index (Phi) is 2.34. The summed E-state index contributed by atoms with van der Waals surface area (Å²) in [6.45, 7) is 6.09. The maximum atomic E-state index is 10.7. The van der Waals surface area contributed by atoms with Gasteiger partial charge < -0.3 is 10.8 Å². The highest BCUT2D eigenvalue weighted by atomic mass is 32.1. The molecule has 1 heterocycles. The lowest BCUT2D eigenvalue weighted by molar-refractivity contribution is 0.0703. The van der Waals surface area contributed by atoms with Gasteiger partial charge >= 0.3 is 5.97 Å². The summed E-state index contributed by atoms with van der Waals surface area (Å²) in [7, 11) is 0. The van der Waals surface area contributed by atoms with Crippen LogP contribution < -0.4 is 5.73 Å². The van der Waals surface area contributed by atoms with E-state index < -0.39 is 5.97 Å². The van der Waals surface area contributed by atoms with Gasteiger partial charge in [-0.2, -0.15) is 0 Å². The number of rotatable bonds is 1. The highest BCUT2D eigenvalue weighted by molar-refractivity contribution is 7.14. The summed E-state index contributed by atoms with van der Waals surface area (Å²) in [4.78, 5) is 11.9. The third-order valence-electron chi connectivity index (χ3n) is 1.69. The maximum Gasteiger partial charge on any atom is 0.348 e. The number of hydrogen-bond acceptors (Lipinski definition) is 3. The van der Waals surface area contributed by atoms with Crippen molar-refractivity contribution in [2.45, 2.75) is 26.2 Å². The van der Waals surface area contributed by atoms with Crippen LogP contribution in [0.5, 0.6) is 0 Å². The first-order chi connectivity index (χ1) is 5.82. The lowest BCUT2D eigenvalue weighted by Gasteiger charge is -2.14. The normalized spacial score (nSPS) is 11.6. The van der Waals surface area contributed by atoms with Gasteiger partial charge in [-0.25, -0.2) is 4.79 Å². The predicted molar refractivity (Wildman–Crippen MR) is 54.4 cm³/mol. The number of carboxylic acid groups (broad SMARTS) is 1. The first kappa shape index (κ1) is 10.1. The van der Waals surface area contributed by atoms with Crippen molar-refractivity contribution in [2.75, 3.05) is 5.73 Å². The molecule has 0 aliphatic carbocycles. The highest BCUT2D eigenvalue weighted by Crippen LogP contribution is 2.33. The van der Waals surface area contributed by atoms with E-state index in [1.54, 1.807) is 6.07 Å². The van der Waals surface area contributed by atoms with Gasteiger partial charge in [-0.05, 0) is 11.5 Å². The van der Waals surface area contributed by atoms with Gasteiger partial charge in [-0.3, -0.25) is 0 Å². The van der Waals surface area contributed by atoms with Crippen molar-refractivity contribution in [3.8, 4) is 0 Å². The topological polar surface area (TPSA) is 63.3 Å². The Hall–Kier alpha value is -1.03. The third-order valence-corrected chi connectivity index (χ3v) is 3.26. The van der Waals surface area contributed by atoms with Crippen LogP contribution in [0.4, 0.5) is 5.69 Å². The van der Waals surface area contributed by atoms with Gasteiger partial charge in [0.05, 0.1) is 5.69 Å². The fourth-order valence-electron chi connectivity index (χ4n) is 0.942. The van der Waals surface area contributed by atoms with E-state index in [9.17, 15) is 4.79 Å². The number of anilines is 1. The van der Waals surface area contributed by atoms with Crippen LogP contribution in [0.1, 0.15) is 35.3 Å². The van der Waals surface area contributed by atoms with Crippen LogP contribution in [0.2, 0.25) is 0 Å². The van der Waals surface area contributed by atoms with E-state index in [0.717, 1.165) is 4.88 Å². The Labute approximate surface area is 81.2 Å². The van der Waals surface area contributed by atoms with E-state index in [1.165, 1.54) is 11.3 Å². The van der Waals surface area contributed by atoms with E-state index in [1.807, 2.05) is 20.8 Å². The van der Waals surface area contributed by atoms with Gasteiger partial charge in [0.15, 0.2) is 0 Å². The van der Waals surface area contributed by atoms with Gasteiger partial charge in [0.25, 0.3) is 0 Å². The first-order valence-electron chi connectivity index (χ1n) is 3.95. The number of nitrogens with two attached hydrogens (primary N) is 1. The molecular weight excluding hydrogens is 186 g/mol. The Balaban J connectivity index is 3.17. The third kappa shape index (κ3) is 2.01. The quantitative estimate of drug-likeness (QED) is 0.729. The molecule has 0 radical (unpaired) electrons. The molecule has 0 atom stereocenters. The molecule has 1 aromatic rings. The molecule has 0 bridgehead atoms. The Morgan fingerprint density at radius 1 is 1.54 bits per heavy atom. The SMILES string of the molecule is CC(C)(C)c1cc(N)c(C(=O)O)s1. The standard InChI is InChI=1S/C9H13NO2S/c1-9(2,3)6-4-5(10)7(13-6)8(11)12/h4H,10H2,1-3H3,(H,11,12). The number of carboxylic acids is 1. The summed E-state index contributed by atoms with van der Waals surface area (Å²) >= 11 is 1.25. The highest BCUT2D eigenvalue weighted by Gasteiger charge is 2.21. The molecule has 0 fully saturated rings. The molecule has 0 saturated carbocycles. The number of thiophene rings is 1. The number of hydrogen-bond donors (Lipinski definition) is 2. The number of nitrogen functional groups attached to an aromatic ring is 1. The smallest absolute Gasteiger partial charge is 0.348 e. The van der Waals surface area contributed by atoms with Crippen molar-refractivity contribution < 1.29 is 9.90 Å². The molecular formula is C9H13NO2S. The average molecular weight is 199 g/mol. The van der Waals surface area contributed by atoms with Crippen molar-refractivity contribution in [2.24, 2.45) is 0 Å². The van der Waals surface area contributed by atoms with Crippen LogP contribution in [-0.4, -0.2) is 11.1 Å². The summed E-state index contributed by atoms with van der Waals surface area (Å²) in [6, 6.07) is 1.74. The van der Waals surface area contributed by atoms with Crippen molar-refractivity contribution in [1.29, 1.82) is 0 Å². The molecule has 0 amide bonds. The van der Waals surface area contributed by atoms with Gasteiger partial charge in [0.1, 0.15) is 4.88 Å². The lowest BCUT2D eigenvalue weighted by Crippen LogP contribution is -2.08. The van der Waals surface area contributed by atoms with Gasteiger partial charge in [-0.1, -0.05) is 20.8 Å². The van der Waals surface area contributed by atoms with E-state index in [2.05, 4.69) is 0 Å². The Morgan fingerprint density at radius 2 is 2.08 bits per heavy atom. The summed E-state index contributed by atoms with van der Waals surface area (Å²) in [5.41, 5.74) is 5.90. The second-order valence-corrected chi connectivity index (χ2v) is 5.00. The Morgan fingerprint density at radius 3 is 2.31 bits per heavy atom. The van der Waals surface area contributed by atoms with Gasteiger partial charge in [0.2, 0.25) is 0 Å². The molecule has 0 spiro atoms. The maximum absolute atomic E-state index is 10.7.